The van der Waals surface area contributed by atoms with Crippen molar-refractivity contribution in [3.8, 4) is 0 Å². The number of thiazole rings is 1. The summed E-state index contributed by atoms with van der Waals surface area (Å²) in [5, 5.41) is 1.23. The summed E-state index contributed by atoms with van der Waals surface area (Å²) in [5.41, 5.74) is 1.36. The van der Waals surface area contributed by atoms with Gasteiger partial charge in [-0.1, -0.05) is 0 Å². The van der Waals surface area contributed by atoms with Crippen LogP contribution in [0.1, 0.15) is 36.3 Å². The predicted octanol–water partition coefficient (Wildman–Crippen LogP) is 2.74. The Labute approximate surface area is 158 Å². The lowest BCUT2D eigenvalue weighted by molar-refractivity contribution is 0.572. The van der Waals surface area contributed by atoms with E-state index in [0.717, 1.165) is 50.9 Å². The summed E-state index contributed by atoms with van der Waals surface area (Å²) in [6.45, 7) is 6.30. The lowest BCUT2D eigenvalue weighted by Crippen LogP contribution is -2.47. The van der Waals surface area contributed by atoms with Gasteiger partial charge in [0.25, 0.3) is 0 Å². The Morgan fingerprint density at radius 1 is 0.731 bits per heavy atom. The number of piperazine rings is 1. The van der Waals surface area contributed by atoms with Gasteiger partial charge in [0.05, 0.1) is 5.69 Å². The van der Waals surface area contributed by atoms with Crippen molar-refractivity contribution in [2.24, 2.45) is 0 Å². The number of nitrogens with zero attached hydrogens (tertiary/aromatic N) is 6. The molecule has 0 aromatic carbocycles. The third kappa shape index (κ3) is 3.13. The molecule has 0 amide bonds. The number of rotatable bonds is 3. The lowest BCUT2D eigenvalue weighted by Gasteiger charge is -2.35. The zero-order valence-corrected chi connectivity index (χ0v) is 16.0. The van der Waals surface area contributed by atoms with E-state index in [1.54, 1.807) is 6.33 Å². The Hall–Kier alpha value is -1.89. The average Bonchev–Trinajstić information content (AvgIpc) is 3.31. The molecule has 2 aromatic rings. The molecule has 2 fully saturated rings. The van der Waals surface area contributed by atoms with Crippen molar-refractivity contribution < 1.29 is 0 Å². The number of hydrogen-bond acceptors (Lipinski definition) is 7. The van der Waals surface area contributed by atoms with Gasteiger partial charge in [-0.3, -0.25) is 0 Å². The zero-order chi connectivity index (χ0) is 17.3. The predicted molar refractivity (Wildman–Crippen MR) is 107 cm³/mol. The normalized spacial score (nSPS) is 20.5. The van der Waals surface area contributed by atoms with Crippen LogP contribution in [0, 0.1) is 0 Å². The van der Waals surface area contributed by atoms with Gasteiger partial charge in [0, 0.05) is 50.2 Å². The van der Waals surface area contributed by atoms with Crippen molar-refractivity contribution in [3.63, 3.8) is 0 Å². The molecule has 0 N–H and O–H groups in total. The van der Waals surface area contributed by atoms with Gasteiger partial charge in [-0.15, -0.1) is 11.3 Å². The van der Waals surface area contributed by atoms with Crippen LogP contribution in [-0.4, -0.2) is 54.2 Å². The third-order valence-corrected chi connectivity index (χ3v) is 7.00. The third-order valence-electron chi connectivity index (χ3n) is 5.78. The van der Waals surface area contributed by atoms with Gasteiger partial charge in [-0.2, -0.15) is 0 Å². The van der Waals surface area contributed by atoms with E-state index in [-0.39, 0.29) is 0 Å². The molecular formula is C19H26N6S. The lowest BCUT2D eigenvalue weighted by atomic mass is 10.1. The molecule has 138 valence electrons. The van der Waals surface area contributed by atoms with E-state index < -0.39 is 0 Å². The fourth-order valence-corrected chi connectivity index (χ4v) is 5.44. The van der Waals surface area contributed by atoms with E-state index >= 15 is 0 Å². The highest BCUT2D eigenvalue weighted by atomic mass is 32.1. The second-order valence-electron chi connectivity index (χ2n) is 7.48. The number of aromatic nitrogens is 3. The Kier molecular flexibility index (Phi) is 4.40. The highest BCUT2D eigenvalue weighted by molar-refractivity contribution is 7.15. The molecule has 0 bridgehead atoms. The molecule has 3 aliphatic rings. The Balaban J connectivity index is 1.25. The van der Waals surface area contributed by atoms with Crippen LogP contribution in [0.15, 0.2) is 12.4 Å². The average molecular weight is 371 g/mol. The van der Waals surface area contributed by atoms with Crippen LogP contribution in [-0.2, 0) is 12.8 Å². The quantitative estimate of drug-likeness (QED) is 0.828. The van der Waals surface area contributed by atoms with Crippen LogP contribution in [0.3, 0.4) is 0 Å². The summed E-state index contributed by atoms with van der Waals surface area (Å²) in [6, 6.07) is 2.18. The summed E-state index contributed by atoms with van der Waals surface area (Å²) < 4.78 is 0. The highest BCUT2D eigenvalue weighted by Gasteiger charge is 2.24. The second-order valence-corrected chi connectivity index (χ2v) is 8.54. The largest absolute Gasteiger partial charge is 0.356 e. The molecule has 2 aliphatic heterocycles. The van der Waals surface area contributed by atoms with Gasteiger partial charge in [0.2, 0.25) is 0 Å². The van der Waals surface area contributed by atoms with Crippen molar-refractivity contribution >= 4 is 28.1 Å². The van der Waals surface area contributed by atoms with Crippen LogP contribution >= 0.6 is 11.3 Å². The molecule has 26 heavy (non-hydrogen) atoms. The first-order chi connectivity index (χ1) is 12.9. The molecule has 2 saturated heterocycles. The maximum atomic E-state index is 4.88. The molecule has 6 nitrogen and oxygen atoms in total. The summed E-state index contributed by atoms with van der Waals surface area (Å²) >= 11 is 1.91. The van der Waals surface area contributed by atoms with Crippen molar-refractivity contribution in [3.05, 3.63) is 23.0 Å². The van der Waals surface area contributed by atoms with Gasteiger partial charge in [-0.25, -0.2) is 15.0 Å². The van der Waals surface area contributed by atoms with Crippen LogP contribution in [0.4, 0.5) is 16.8 Å². The topological polar surface area (TPSA) is 48.4 Å². The SMILES string of the molecule is c1nc(N2CCCCC2)cc(N2CCN(c3nc4c(s3)CCC4)CC2)n1. The van der Waals surface area contributed by atoms with Crippen molar-refractivity contribution in [1.29, 1.82) is 0 Å². The number of aryl methyl sites for hydroxylation is 2. The highest BCUT2D eigenvalue weighted by Crippen LogP contribution is 2.33. The van der Waals surface area contributed by atoms with Crippen molar-refractivity contribution in [1.82, 2.24) is 15.0 Å². The smallest absolute Gasteiger partial charge is 0.185 e. The maximum absolute atomic E-state index is 4.88. The summed E-state index contributed by atoms with van der Waals surface area (Å²) in [7, 11) is 0. The molecule has 7 heteroatoms. The van der Waals surface area contributed by atoms with Crippen LogP contribution in [0.2, 0.25) is 0 Å². The fraction of sp³-hybridized carbons (Fsp3) is 0.632. The monoisotopic (exact) mass is 370 g/mol. The minimum atomic E-state index is 1.00. The molecule has 0 spiro atoms. The van der Waals surface area contributed by atoms with Crippen LogP contribution in [0.25, 0.3) is 0 Å². The minimum Gasteiger partial charge on any atom is -0.356 e. The fourth-order valence-electron chi connectivity index (χ4n) is 4.24. The molecular weight excluding hydrogens is 344 g/mol. The Bertz CT molecular complexity index is 740. The number of anilines is 3. The molecule has 0 radical (unpaired) electrons. The molecule has 0 unspecified atom stereocenters. The van der Waals surface area contributed by atoms with Crippen LogP contribution < -0.4 is 14.7 Å². The van der Waals surface area contributed by atoms with Gasteiger partial charge >= 0.3 is 0 Å². The molecule has 0 atom stereocenters. The van der Waals surface area contributed by atoms with Crippen molar-refractivity contribution in [2.45, 2.75) is 38.5 Å². The van der Waals surface area contributed by atoms with Crippen LogP contribution in [0.5, 0.6) is 0 Å². The standard InChI is InChI=1S/C19H26N6S/c1-2-7-23(8-3-1)17-13-18(21-14-20-17)24-9-11-25(12-10-24)19-22-15-5-4-6-16(15)26-19/h13-14H,1-12H2. The van der Waals surface area contributed by atoms with Crippen molar-refractivity contribution in [2.75, 3.05) is 54.0 Å². The van der Waals surface area contributed by atoms with E-state index in [4.69, 9.17) is 4.98 Å². The van der Waals surface area contributed by atoms with E-state index in [0.29, 0.717) is 0 Å². The molecule has 1 aliphatic carbocycles. The number of piperidine rings is 1. The summed E-state index contributed by atoms with van der Waals surface area (Å²) in [5.74, 6) is 2.16. The maximum Gasteiger partial charge on any atom is 0.185 e. The Morgan fingerprint density at radius 2 is 1.42 bits per heavy atom. The molecule has 2 aromatic heterocycles. The summed E-state index contributed by atoms with van der Waals surface area (Å²) in [4.78, 5) is 22.7. The molecule has 5 rings (SSSR count). The van der Waals surface area contributed by atoms with E-state index in [2.05, 4.69) is 30.7 Å². The van der Waals surface area contributed by atoms with Gasteiger partial charge in [-0.05, 0) is 38.5 Å². The number of fused-ring (bicyclic) bond motifs is 1. The first-order valence-electron chi connectivity index (χ1n) is 9.92. The first kappa shape index (κ1) is 16.3. The second kappa shape index (κ2) is 7.02. The van der Waals surface area contributed by atoms with Gasteiger partial charge in [0.1, 0.15) is 18.0 Å². The van der Waals surface area contributed by atoms with Gasteiger partial charge in [0.15, 0.2) is 5.13 Å². The first-order valence-corrected chi connectivity index (χ1v) is 10.7. The van der Waals surface area contributed by atoms with Gasteiger partial charge < -0.3 is 14.7 Å². The Morgan fingerprint density at radius 3 is 2.15 bits per heavy atom. The summed E-state index contributed by atoms with van der Waals surface area (Å²) in [6.07, 6.45) is 9.31. The van der Waals surface area contributed by atoms with E-state index in [9.17, 15) is 0 Å². The minimum absolute atomic E-state index is 1.00. The van der Waals surface area contributed by atoms with E-state index in [1.165, 1.54) is 54.2 Å². The molecule has 4 heterocycles. The number of hydrogen-bond donors (Lipinski definition) is 0. The molecule has 0 saturated carbocycles. The zero-order valence-electron chi connectivity index (χ0n) is 15.2. The van der Waals surface area contributed by atoms with E-state index in [1.807, 2.05) is 11.3 Å².